The van der Waals surface area contributed by atoms with Crippen molar-refractivity contribution in [1.82, 2.24) is 4.90 Å². The lowest BCUT2D eigenvalue weighted by atomic mass is 9.81. The van der Waals surface area contributed by atoms with Crippen LogP contribution in [0.4, 0.5) is 8.78 Å². The summed E-state index contributed by atoms with van der Waals surface area (Å²) >= 11 is 0. The van der Waals surface area contributed by atoms with Gasteiger partial charge in [-0.3, -0.25) is 4.79 Å². The molecule has 2 aliphatic heterocycles. The third-order valence-electron chi connectivity index (χ3n) is 5.24. The van der Waals surface area contributed by atoms with Crippen molar-refractivity contribution in [2.45, 2.75) is 58.0 Å². The van der Waals surface area contributed by atoms with E-state index in [1.54, 1.807) is 11.8 Å². The number of hydrogen-bond donors (Lipinski definition) is 0. The Morgan fingerprint density at radius 1 is 1.38 bits per heavy atom. The molecule has 21 heavy (non-hydrogen) atoms. The van der Waals surface area contributed by atoms with Gasteiger partial charge in [-0.1, -0.05) is 36.8 Å². The summed E-state index contributed by atoms with van der Waals surface area (Å²) in [6.45, 7) is 3.71. The number of fused-ring (bicyclic) bond motifs is 1. The highest BCUT2D eigenvalue weighted by Crippen LogP contribution is 2.52. The van der Waals surface area contributed by atoms with Crippen molar-refractivity contribution in [2.24, 2.45) is 5.41 Å². The van der Waals surface area contributed by atoms with E-state index in [0.717, 1.165) is 24.0 Å². The molecule has 1 unspecified atom stereocenters. The number of carbonyl (C=O) groups excluding carboxylic acids is 1. The molecule has 3 rings (SSSR count). The minimum absolute atomic E-state index is 0.0167. The summed E-state index contributed by atoms with van der Waals surface area (Å²) in [6.07, 6.45) is -0.333. The number of benzene rings is 1. The van der Waals surface area contributed by atoms with Crippen molar-refractivity contribution >= 4 is 5.91 Å². The fourth-order valence-electron chi connectivity index (χ4n) is 3.99. The van der Waals surface area contributed by atoms with Crippen molar-refractivity contribution in [1.29, 1.82) is 0 Å². The molecule has 1 amide bonds. The van der Waals surface area contributed by atoms with Gasteiger partial charge in [-0.2, -0.15) is 0 Å². The van der Waals surface area contributed by atoms with Gasteiger partial charge in [0.1, 0.15) is 5.41 Å². The molecule has 2 saturated heterocycles. The zero-order chi connectivity index (χ0) is 15.2. The minimum Gasteiger partial charge on any atom is -0.332 e. The van der Waals surface area contributed by atoms with Crippen LogP contribution in [0.5, 0.6) is 0 Å². The number of alkyl halides is 2. The van der Waals surface area contributed by atoms with Gasteiger partial charge in [0.15, 0.2) is 0 Å². The van der Waals surface area contributed by atoms with Crippen LogP contribution in [-0.4, -0.2) is 23.3 Å². The van der Waals surface area contributed by atoms with E-state index < -0.39 is 11.8 Å². The lowest BCUT2D eigenvalue weighted by molar-refractivity contribution is -0.146. The minimum atomic E-state index is -2.57. The van der Waals surface area contributed by atoms with Crippen molar-refractivity contribution < 1.29 is 13.6 Å². The van der Waals surface area contributed by atoms with Crippen LogP contribution in [0, 0.1) is 12.3 Å². The average molecular weight is 293 g/mol. The highest BCUT2D eigenvalue weighted by atomic mass is 19.3. The zero-order valence-corrected chi connectivity index (χ0v) is 12.5. The molecule has 0 saturated carbocycles. The molecule has 0 bridgehead atoms. The number of nitrogens with zero attached hydrogens (tertiary/aromatic N) is 1. The first-order chi connectivity index (χ1) is 9.99. The molecule has 2 fully saturated rings. The zero-order valence-electron chi connectivity index (χ0n) is 12.5. The van der Waals surface area contributed by atoms with Crippen LogP contribution in [0.1, 0.15) is 49.8 Å². The standard InChI is InChI=1S/C17H21F2NO/c1-3-17(15(18)19)10-13-7-8-14(20(13)16(17)21)12-6-4-5-11(2)9-12/h4-6,9,13-15H,3,7-8,10H2,1-2H3/t13-,14-,17?/m1/s1. The largest absolute Gasteiger partial charge is 0.332 e. The molecule has 2 heterocycles. The summed E-state index contributed by atoms with van der Waals surface area (Å²) in [4.78, 5) is 14.5. The van der Waals surface area contributed by atoms with Gasteiger partial charge in [0.2, 0.25) is 5.91 Å². The molecule has 0 aliphatic carbocycles. The van der Waals surface area contributed by atoms with E-state index in [-0.39, 0.29) is 24.4 Å². The highest BCUT2D eigenvalue weighted by Gasteiger charge is 2.59. The Morgan fingerprint density at radius 3 is 2.76 bits per heavy atom. The molecule has 4 heteroatoms. The number of halogens is 2. The third-order valence-corrected chi connectivity index (χ3v) is 5.24. The topological polar surface area (TPSA) is 20.3 Å². The van der Waals surface area contributed by atoms with Crippen LogP contribution in [0.3, 0.4) is 0 Å². The quantitative estimate of drug-likeness (QED) is 0.822. The number of aryl methyl sites for hydroxylation is 1. The fourth-order valence-corrected chi connectivity index (χ4v) is 3.99. The summed E-state index contributed by atoms with van der Waals surface area (Å²) in [5, 5.41) is 0. The maximum absolute atomic E-state index is 13.5. The van der Waals surface area contributed by atoms with E-state index in [9.17, 15) is 13.6 Å². The maximum atomic E-state index is 13.5. The molecule has 2 aliphatic rings. The van der Waals surface area contributed by atoms with E-state index >= 15 is 0 Å². The summed E-state index contributed by atoms with van der Waals surface area (Å²) in [5.74, 6) is -0.339. The Kier molecular flexibility index (Phi) is 3.50. The lowest BCUT2D eigenvalue weighted by Gasteiger charge is -2.29. The van der Waals surface area contributed by atoms with E-state index in [2.05, 4.69) is 6.07 Å². The SMILES string of the molecule is CCC1(C(F)F)C[C@H]2CC[C@H](c3cccc(C)c3)N2C1=O. The molecular weight excluding hydrogens is 272 g/mol. The molecule has 0 radical (unpaired) electrons. The van der Waals surface area contributed by atoms with E-state index in [4.69, 9.17) is 0 Å². The van der Waals surface area contributed by atoms with Gasteiger partial charge in [0, 0.05) is 6.04 Å². The second-order valence-electron chi connectivity index (χ2n) is 6.39. The van der Waals surface area contributed by atoms with Crippen molar-refractivity contribution in [3.8, 4) is 0 Å². The van der Waals surface area contributed by atoms with E-state index in [1.807, 2.05) is 25.1 Å². The van der Waals surface area contributed by atoms with Gasteiger partial charge in [0.05, 0.1) is 6.04 Å². The Hall–Kier alpha value is -1.45. The van der Waals surface area contributed by atoms with E-state index in [0.29, 0.717) is 6.42 Å². The number of rotatable bonds is 3. The van der Waals surface area contributed by atoms with Gasteiger partial charge in [-0.05, 0) is 38.2 Å². The first-order valence-electron chi connectivity index (χ1n) is 7.67. The molecule has 1 aromatic carbocycles. The van der Waals surface area contributed by atoms with Crippen LogP contribution in [0.15, 0.2) is 24.3 Å². The number of amides is 1. The van der Waals surface area contributed by atoms with Gasteiger partial charge >= 0.3 is 0 Å². The Morgan fingerprint density at radius 2 is 2.14 bits per heavy atom. The van der Waals surface area contributed by atoms with Gasteiger partial charge in [0.25, 0.3) is 6.43 Å². The fraction of sp³-hybridized carbons (Fsp3) is 0.588. The predicted octanol–water partition coefficient (Wildman–Crippen LogP) is 4.09. The second kappa shape index (κ2) is 5.08. The summed E-state index contributed by atoms with van der Waals surface area (Å²) in [5.41, 5.74) is 0.762. The van der Waals surface area contributed by atoms with Crippen LogP contribution >= 0.6 is 0 Å². The highest BCUT2D eigenvalue weighted by molar-refractivity contribution is 5.86. The van der Waals surface area contributed by atoms with Gasteiger partial charge in [-0.25, -0.2) is 8.78 Å². The van der Waals surface area contributed by atoms with Crippen LogP contribution in [0.25, 0.3) is 0 Å². The number of hydrogen-bond acceptors (Lipinski definition) is 1. The van der Waals surface area contributed by atoms with Crippen LogP contribution in [0.2, 0.25) is 0 Å². The molecular formula is C17H21F2NO. The average Bonchev–Trinajstić information content (AvgIpc) is 2.98. The monoisotopic (exact) mass is 293 g/mol. The normalized spacial score (nSPS) is 32.0. The van der Waals surface area contributed by atoms with E-state index in [1.165, 1.54) is 0 Å². The summed E-state index contributed by atoms with van der Waals surface area (Å²) in [6, 6.07) is 8.00. The van der Waals surface area contributed by atoms with Crippen molar-refractivity contribution in [2.75, 3.05) is 0 Å². The van der Waals surface area contributed by atoms with Crippen molar-refractivity contribution in [3.63, 3.8) is 0 Å². The second-order valence-corrected chi connectivity index (χ2v) is 6.39. The molecule has 0 N–H and O–H groups in total. The Bertz CT molecular complexity index is 559. The predicted molar refractivity (Wildman–Crippen MR) is 77.1 cm³/mol. The Labute approximate surface area is 124 Å². The van der Waals surface area contributed by atoms with Crippen LogP contribution < -0.4 is 0 Å². The maximum Gasteiger partial charge on any atom is 0.252 e. The molecule has 0 spiro atoms. The smallest absolute Gasteiger partial charge is 0.252 e. The van der Waals surface area contributed by atoms with Crippen molar-refractivity contribution in [3.05, 3.63) is 35.4 Å². The molecule has 3 atom stereocenters. The Balaban J connectivity index is 1.94. The first kappa shape index (κ1) is 14.5. The van der Waals surface area contributed by atoms with Gasteiger partial charge in [-0.15, -0.1) is 0 Å². The molecule has 0 aromatic heterocycles. The third kappa shape index (κ3) is 2.07. The van der Waals surface area contributed by atoms with Gasteiger partial charge < -0.3 is 4.90 Å². The molecule has 1 aromatic rings. The molecule has 2 nitrogen and oxygen atoms in total. The first-order valence-corrected chi connectivity index (χ1v) is 7.67. The summed E-state index contributed by atoms with van der Waals surface area (Å²) in [7, 11) is 0. The van der Waals surface area contributed by atoms with Crippen LogP contribution in [-0.2, 0) is 4.79 Å². The lowest BCUT2D eigenvalue weighted by Crippen LogP contribution is -2.40. The number of carbonyl (C=O) groups is 1. The molecule has 114 valence electrons. The summed E-state index contributed by atoms with van der Waals surface area (Å²) < 4.78 is 27.0.